The van der Waals surface area contributed by atoms with Crippen LogP contribution in [0.5, 0.6) is 5.88 Å². The van der Waals surface area contributed by atoms with Gasteiger partial charge in [0.05, 0.1) is 6.04 Å². The molecule has 0 aromatic carbocycles. The molecule has 8 heteroatoms. The first-order valence-electron chi connectivity index (χ1n) is 8.14. The summed E-state index contributed by atoms with van der Waals surface area (Å²) in [6, 6.07) is 2.75. The van der Waals surface area contributed by atoms with E-state index in [0.717, 1.165) is 19.8 Å². The summed E-state index contributed by atoms with van der Waals surface area (Å²) in [6.07, 6.45) is -3.77. The van der Waals surface area contributed by atoms with Gasteiger partial charge in [0.15, 0.2) is 6.10 Å². The molecule has 1 N–H and O–H groups in total. The lowest BCUT2D eigenvalue weighted by Crippen LogP contribution is -2.36. The summed E-state index contributed by atoms with van der Waals surface area (Å²) < 4.78 is 48.0. The van der Waals surface area contributed by atoms with Gasteiger partial charge in [0.25, 0.3) is 0 Å². The van der Waals surface area contributed by atoms with Gasteiger partial charge in [0.2, 0.25) is 5.88 Å². The third-order valence-corrected chi connectivity index (χ3v) is 3.64. The molecule has 25 heavy (non-hydrogen) atoms. The van der Waals surface area contributed by atoms with Crippen LogP contribution in [0, 0.1) is 5.92 Å². The molecular weight excluding hydrogens is 337 g/mol. The van der Waals surface area contributed by atoms with Gasteiger partial charge in [-0.25, -0.2) is 9.78 Å². The highest BCUT2D eigenvalue weighted by atomic mass is 19.4. The van der Waals surface area contributed by atoms with E-state index in [1.54, 1.807) is 26.8 Å². The van der Waals surface area contributed by atoms with Crippen molar-refractivity contribution in [1.82, 2.24) is 10.3 Å². The standard InChI is InChI=1S/C17H23F3N2O3/c1-10(17(18,19)20)24-13-9-12(7-8-21-13)14(11-5-6-11)22-15(23)25-16(2,3)4/h7-11,14H,5-6H2,1-4H3,(H,22,23)/t10-,14?/m1/s1. The summed E-state index contributed by atoms with van der Waals surface area (Å²) in [6.45, 7) is 6.20. The Morgan fingerprint density at radius 3 is 2.48 bits per heavy atom. The molecule has 1 unspecified atom stereocenters. The van der Waals surface area contributed by atoms with Gasteiger partial charge in [-0.1, -0.05) is 0 Å². The molecule has 1 aliphatic carbocycles. The van der Waals surface area contributed by atoms with E-state index in [1.807, 2.05) is 0 Å². The zero-order valence-electron chi connectivity index (χ0n) is 14.7. The van der Waals surface area contributed by atoms with E-state index >= 15 is 0 Å². The Kier molecular flexibility index (Phi) is 5.49. The molecule has 0 bridgehead atoms. The lowest BCUT2D eigenvalue weighted by molar-refractivity contribution is -0.190. The SMILES string of the molecule is C[C@@H](Oc1cc(C(NC(=O)OC(C)(C)C)C2CC2)ccn1)C(F)(F)F. The number of aromatic nitrogens is 1. The van der Waals surface area contributed by atoms with E-state index in [-0.39, 0.29) is 17.8 Å². The topological polar surface area (TPSA) is 60.5 Å². The number of carbonyl (C=O) groups is 1. The van der Waals surface area contributed by atoms with Crippen LogP contribution in [0.25, 0.3) is 0 Å². The fraction of sp³-hybridized carbons (Fsp3) is 0.647. The van der Waals surface area contributed by atoms with Crippen LogP contribution >= 0.6 is 0 Å². The predicted molar refractivity (Wildman–Crippen MR) is 85.2 cm³/mol. The lowest BCUT2D eigenvalue weighted by Gasteiger charge is -2.24. The van der Waals surface area contributed by atoms with E-state index in [4.69, 9.17) is 9.47 Å². The number of hydrogen-bond acceptors (Lipinski definition) is 4. The Balaban J connectivity index is 2.11. The third kappa shape index (κ3) is 6.10. The highest BCUT2D eigenvalue weighted by Gasteiger charge is 2.39. The van der Waals surface area contributed by atoms with E-state index < -0.39 is 24.0 Å². The smallest absolute Gasteiger partial charge is 0.425 e. The first-order chi connectivity index (χ1) is 11.5. The van der Waals surface area contributed by atoms with Gasteiger partial charge in [-0.15, -0.1) is 0 Å². The molecule has 0 radical (unpaired) electrons. The van der Waals surface area contributed by atoms with Crippen LogP contribution in [-0.2, 0) is 4.74 Å². The fourth-order valence-corrected chi connectivity index (χ4v) is 2.27. The number of amides is 1. The Morgan fingerprint density at radius 2 is 1.96 bits per heavy atom. The molecule has 0 saturated heterocycles. The highest BCUT2D eigenvalue weighted by molar-refractivity contribution is 5.68. The molecule has 1 saturated carbocycles. The largest absolute Gasteiger partial charge is 0.465 e. The minimum absolute atomic E-state index is 0.126. The van der Waals surface area contributed by atoms with Crippen LogP contribution in [0.15, 0.2) is 18.3 Å². The van der Waals surface area contributed by atoms with Crippen molar-refractivity contribution in [2.75, 3.05) is 0 Å². The molecule has 1 amide bonds. The van der Waals surface area contributed by atoms with Gasteiger partial charge >= 0.3 is 12.3 Å². The number of nitrogens with one attached hydrogen (secondary N) is 1. The van der Waals surface area contributed by atoms with Crippen molar-refractivity contribution in [2.24, 2.45) is 5.92 Å². The number of nitrogens with zero attached hydrogens (tertiary/aromatic N) is 1. The molecule has 140 valence electrons. The highest BCUT2D eigenvalue weighted by Crippen LogP contribution is 2.41. The molecule has 0 spiro atoms. The van der Waals surface area contributed by atoms with Crippen molar-refractivity contribution in [2.45, 2.75) is 64.5 Å². The summed E-state index contributed by atoms with van der Waals surface area (Å²) in [5.74, 6) is 0.0989. The van der Waals surface area contributed by atoms with Crippen molar-refractivity contribution >= 4 is 6.09 Å². The minimum Gasteiger partial charge on any atom is -0.465 e. The third-order valence-electron chi connectivity index (χ3n) is 3.64. The van der Waals surface area contributed by atoms with Gasteiger partial charge in [-0.2, -0.15) is 13.2 Å². The Labute approximate surface area is 144 Å². The van der Waals surface area contributed by atoms with Gasteiger partial charge < -0.3 is 14.8 Å². The van der Waals surface area contributed by atoms with Crippen molar-refractivity contribution < 1.29 is 27.4 Å². The summed E-state index contributed by atoms with van der Waals surface area (Å²) in [7, 11) is 0. The van der Waals surface area contributed by atoms with Crippen LogP contribution in [0.3, 0.4) is 0 Å². The summed E-state index contributed by atoms with van der Waals surface area (Å²) in [5.41, 5.74) is 0.0139. The Morgan fingerprint density at radius 1 is 1.32 bits per heavy atom. The summed E-state index contributed by atoms with van der Waals surface area (Å²) in [4.78, 5) is 15.9. The number of halogens is 3. The molecule has 2 rings (SSSR count). The maximum Gasteiger partial charge on any atom is 0.425 e. The van der Waals surface area contributed by atoms with Gasteiger partial charge in [-0.3, -0.25) is 0 Å². The second kappa shape index (κ2) is 7.09. The zero-order chi connectivity index (χ0) is 18.8. The fourth-order valence-electron chi connectivity index (χ4n) is 2.27. The number of ether oxygens (including phenoxy) is 2. The summed E-state index contributed by atoms with van der Waals surface area (Å²) in [5, 5.41) is 2.80. The Hall–Kier alpha value is -1.99. The van der Waals surface area contributed by atoms with Crippen molar-refractivity contribution in [3.63, 3.8) is 0 Å². The maximum atomic E-state index is 12.6. The van der Waals surface area contributed by atoms with Gasteiger partial charge in [0, 0.05) is 12.3 Å². The van der Waals surface area contributed by atoms with Crippen LogP contribution in [0.2, 0.25) is 0 Å². The lowest BCUT2D eigenvalue weighted by atomic mass is 10.0. The average Bonchev–Trinajstić information content (AvgIpc) is 3.26. The molecule has 2 atom stereocenters. The minimum atomic E-state index is -4.47. The van der Waals surface area contributed by atoms with Crippen molar-refractivity contribution in [3.8, 4) is 5.88 Å². The normalized spacial score (nSPS) is 17.6. The van der Waals surface area contributed by atoms with E-state index in [1.165, 1.54) is 12.3 Å². The second-order valence-corrected chi connectivity index (χ2v) is 7.19. The maximum absolute atomic E-state index is 12.6. The monoisotopic (exact) mass is 360 g/mol. The molecule has 1 aromatic rings. The van der Waals surface area contributed by atoms with E-state index in [2.05, 4.69) is 10.3 Å². The van der Waals surface area contributed by atoms with Crippen LogP contribution in [0.4, 0.5) is 18.0 Å². The van der Waals surface area contributed by atoms with E-state index in [9.17, 15) is 18.0 Å². The van der Waals surface area contributed by atoms with Crippen molar-refractivity contribution in [3.05, 3.63) is 23.9 Å². The number of pyridine rings is 1. The molecule has 1 fully saturated rings. The number of alkyl halides is 3. The molecule has 1 heterocycles. The molecule has 1 aromatic heterocycles. The number of hydrogen-bond donors (Lipinski definition) is 1. The predicted octanol–water partition coefficient (Wildman–Crippen LogP) is 4.39. The zero-order valence-corrected chi connectivity index (χ0v) is 14.7. The van der Waals surface area contributed by atoms with Gasteiger partial charge in [0.1, 0.15) is 5.60 Å². The molecule has 5 nitrogen and oxygen atoms in total. The average molecular weight is 360 g/mol. The summed E-state index contributed by atoms with van der Waals surface area (Å²) >= 11 is 0. The van der Waals surface area contributed by atoms with E-state index in [0.29, 0.717) is 5.56 Å². The second-order valence-electron chi connectivity index (χ2n) is 7.19. The molecular formula is C17H23F3N2O3. The number of carbonyl (C=O) groups excluding carboxylic acids is 1. The first-order valence-corrected chi connectivity index (χ1v) is 8.14. The van der Waals surface area contributed by atoms with Gasteiger partial charge in [-0.05, 0) is 58.1 Å². The van der Waals surface area contributed by atoms with Crippen LogP contribution in [-0.4, -0.2) is 29.0 Å². The quantitative estimate of drug-likeness (QED) is 0.846. The number of alkyl carbamates (subject to hydrolysis) is 1. The molecule has 0 aliphatic heterocycles. The van der Waals surface area contributed by atoms with Crippen LogP contribution in [0.1, 0.15) is 52.1 Å². The van der Waals surface area contributed by atoms with Crippen molar-refractivity contribution in [1.29, 1.82) is 0 Å². The van der Waals surface area contributed by atoms with Crippen LogP contribution < -0.4 is 10.1 Å². The Bertz CT molecular complexity index is 610. The number of rotatable bonds is 5. The first kappa shape index (κ1) is 19.3. The molecule has 1 aliphatic rings.